The van der Waals surface area contributed by atoms with Crippen LogP contribution in [0.4, 0.5) is 13.2 Å². The molecule has 3 heterocycles. The Hall–Kier alpha value is -2.32. The molecule has 2 aromatic rings. The second-order valence-corrected chi connectivity index (χ2v) is 5.09. The highest BCUT2D eigenvalue weighted by atomic mass is 19.4. The molecule has 9 heteroatoms. The van der Waals surface area contributed by atoms with E-state index in [1.165, 1.54) is 23.2 Å². The van der Waals surface area contributed by atoms with Crippen LogP contribution in [0.25, 0.3) is 0 Å². The van der Waals surface area contributed by atoms with E-state index in [-0.39, 0.29) is 17.6 Å². The fourth-order valence-corrected chi connectivity index (χ4v) is 2.51. The van der Waals surface area contributed by atoms with Crippen LogP contribution in [0.5, 0.6) is 0 Å². The van der Waals surface area contributed by atoms with E-state index in [4.69, 9.17) is 0 Å². The summed E-state index contributed by atoms with van der Waals surface area (Å²) in [5.41, 5.74) is -0.662. The maximum atomic E-state index is 12.5. The van der Waals surface area contributed by atoms with Crippen LogP contribution in [-0.2, 0) is 6.18 Å². The number of rotatable bonds is 2. The highest BCUT2D eigenvalue weighted by Crippen LogP contribution is 2.29. The Kier molecular flexibility index (Phi) is 3.63. The number of carbonyl (C=O) groups is 1. The molecule has 0 aromatic carbocycles. The summed E-state index contributed by atoms with van der Waals surface area (Å²) in [7, 11) is 0. The molecular weight excluding hydrogens is 301 g/mol. The van der Waals surface area contributed by atoms with Gasteiger partial charge >= 0.3 is 6.18 Å². The molecule has 0 saturated carbocycles. The van der Waals surface area contributed by atoms with Crippen molar-refractivity contribution in [1.82, 2.24) is 19.8 Å². The molecule has 0 radical (unpaired) electrons. The molecule has 1 saturated heterocycles. The van der Waals surface area contributed by atoms with Gasteiger partial charge in [0.15, 0.2) is 11.4 Å². The molecule has 1 aliphatic heterocycles. The van der Waals surface area contributed by atoms with Gasteiger partial charge in [-0.25, -0.2) is 0 Å². The van der Waals surface area contributed by atoms with E-state index in [0.717, 1.165) is 6.07 Å². The molecule has 0 atom stereocenters. The lowest BCUT2D eigenvalue weighted by molar-refractivity contribution is -0.141. The molecular formula is C13H13F3N4O2. The summed E-state index contributed by atoms with van der Waals surface area (Å²) < 4.78 is 43.6. The number of aromatic nitrogens is 3. The maximum absolute atomic E-state index is 12.5. The van der Waals surface area contributed by atoms with Crippen LogP contribution in [0.15, 0.2) is 29.1 Å². The third-order valence-corrected chi connectivity index (χ3v) is 3.68. The molecule has 6 nitrogen and oxygen atoms in total. The lowest BCUT2D eigenvalue weighted by atomic mass is 10.1. The van der Waals surface area contributed by atoms with Crippen LogP contribution in [0.3, 0.4) is 0 Å². The monoisotopic (exact) mass is 314 g/mol. The molecule has 0 spiro atoms. The van der Waals surface area contributed by atoms with Crippen molar-refractivity contribution in [1.29, 1.82) is 0 Å². The summed E-state index contributed by atoms with van der Waals surface area (Å²) in [5.74, 6) is -0.233. The Morgan fingerprint density at radius 2 is 2.00 bits per heavy atom. The molecule has 118 valence electrons. The second-order valence-electron chi connectivity index (χ2n) is 5.09. The first-order chi connectivity index (χ1) is 10.4. The summed E-state index contributed by atoms with van der Waals surface area (Å²) in [6.45, 7) is 0.884. The maximum Gasteiger partial charge on any atom is 0.435 e. The first kappa shape index (κ1) is 14.6. The molecule has 0 unspecified atom stereocenters. The highest BCUT2D eigenvalue weighted by Gasteiger charge is 2.34. The van der Waals surface area contributed by atoms with E-state index in [2.05, 4.69) is 14.8 Å². The zero-order valence-corrected chi connectivity index (χ0v) is 11.5. The summed E-state index contributed by atoms with van der Waals surface area (Å²) >= 11 is 0. The minimum absolute atomic E-state index is 0.141. The molecule has 1 fully saturated rings. The molecule has 1 amide bonds. The van der Waals surface area contributed by atoms with Crippen LogP contribution in [0, 0.1) is 0 Å². The zero-order chi connectivity index (χ0) is 15.7. The van der Waals surface area contributed by atoms with Crippen molar-refractivity contribution < 1.29 is 22.5 Å². The lowest BCUT2D eigenvalue weighted by Gasteiger charge is -2.31. The molecule has 0 N–H and O–H groups in total. The third kappa shape index (κ3) is 2.83. The van der Waals surface area contributed by atoms with Crippen molar-refractivity contribution in [2.75, 3.05) is 13.1 Å². The van der Waals surface area contributed by atoms with Gasteiger partial charge in [-0.15, -0.1) is 0 Å². The van der Waals surface area contributed by atoms with Crippen LogP contribution in [-0.4, -0.2) is 38.8 Å². The zero-order valence-electron chi connectivity index (χ0n) is 11.5. The molecule has 2 aromatic heterocycles. The minimum Gasteiger partial charge on any atom is -0.364 e. The largest absolute Gasteiger partial charge is 0.435 e. The third-order valence-electron chi connectivity index (χ3n) is 3.68. The number of halogens is 3. The van der Waals surface area contributed by atoms with Crippen molar-refractivity contribution in [3.05, 3.63) is 36.0 Å². The van der Waals surface area contributed by atoms with Crippen molar-refractivity contribution in [2.24, 2.45) is 0 Å². The van der Waals surface area contributed by atoms with Gasteiger partial charge in [-0.1, -0.05) is 5.16 Å². The molecule has 3 rings (SSSR count). The van der Waals surface area contributed by atoms with Crippen molar-refractivity contribution >= 4 is 5.91 Å². The number of hydrogen-bond acceptors (Lipinski definition) is 4. The number of nitrogens with zero attached hydrogens (tertiary/aromatic N) is 4. The molecule has 22 heavy (non-hydrogen) atoms. The normalized spacial score (nSPS) is 17.0. The number of hydrogen-bond donors (Lipinski definition) is 0. The van der Waals surface area contributed by atoms with Crippen molar-refractivity contribution in [3.63, 3.8) is 0 Å². The van der Waals surface area contributed by atoms with Crippen LogP contribution in [0.1, 0.15) is 35.1 Å². The smallest absolute Gasteiger partial charge is 0.364 e. The average Bonchev–Trinajstić information content (AvgIpc) is 3.17. The van der Waals surface area contributed by atoms with E-state index in [0.29, 0.717) is 25.9 Å². The van der Waals surface area contributed by atoms with E-state index in [1.54, 1.807) is 4.90 Å². The van der Waals surface area contributed by atoms with E-state index in [9.17, 15) is 18.0 Å². The minimum atomic E-state index is -4.44. The van der Waals surface area contributed by atoms with Gasteiger partial charge < -0.3 is 9.42 Å². The van der Waals surface area contributed by atoms with Crippen molar-refractivity contribution in [2.45, 2.75) is 25.1 Å². The lowest BCUT2D eigenvalue weighted by Crippen LogP contribution is -2.39. The number of piperidine rings is 1. The Labute approximate surface area is 123 Å². The van der Waals surface area contributed by atoms with Gasteiger partial charge in [-0.05, 0) is 18.9 Å². The number of amides is 1. The highest BCUT2D eigenvalue weighted by molar-refractivity contribution is 5.92. The summed E-state index contributed by atoms with van der Waals surface area (Å²) in [5, 5.41) is 7.18. The molecule has 0 bridgehead atoms. The predicted octanol–water partition coefficient (Wildman–Crippen LogP) is 2.37. The van der Waals surface area contributed by atoms with Gasteiger partial charge in [0.2, 0.25) is 0 Å². The fraction of sp³-hybridized carbons (Fsp3) is 0.462. The van der Waals surface area contributed by atoms with Gasteiger partial charge in [0.25, 0.3) is 5.91 Å². The fourth-order valence-electron chi connectivity index (χ4n) is 2.51. The molecule has 0 aliphatic carbocycles. The van der Waals surface area contributed by atoms with Gasteiger partial charge in [-0.3, -0.25) is 9.48 Å². The van der Waals surface area contributed by atoms with Gasteiger partial charge in [-0.2, -0.15) is 18.3 Å². The van der Waals surface area contributed by atoms with Gasteiger partial charge in [0.05, 0.1) is 6.04 Å². The van der Waals surface area contributed by atoms with Gasteiger partial charge in [0, 0.05) is 25.4 Å². The van der Waals surface area contributed by atoms with Crippen molar-refractivity contribution in [3.8, 4) is 0 Å². The SMILES string of the molecule is O=C(c1ccon1)N1CCC(n2ccc(C(F)(F)F)n2)CC1. The van der Waals surface area contributed by atoms with E-state index >= 15 is 0 Å². The first-order valence-electron chi connectivity index (χ1n) is 6.77. The standard InChI is InChI=1S/C13H13F3N4O2/c14-13(15,16)11-3-7-20(17-11)9-1-5-19(6-2-9)12(21)10-4-8-22-18-10/h3-4,7-9H,1-2,5-6H2. The van der Waals surface area contributed by atoms with Gasteiger partial charge in [0.1, 0.15) is 6.26 Å². The number of likely N-dealkylation sites (tertiary alicyclic amines) is 1. The summed E-state index contributed by atoms with van der Waals surface area (Å²) in [4.78, 5) is 13.7. The average molecular weight is 314 g/mol. The number of carbonyl (C=O) groups excluding carboxylic acids is 1. The Balaban J connectivity index is 1.62. The first-order valence-corrected chi connectivity index (χ1v) is 6.77. The van der Waals surface area contributed by atoms with E-state index in [1.807, 2.05) is 0 Å². The summed E-state index contributed by atoms with van der Waals surface area (Å²) in [6, 6.07) is 2.31. The van der Waals surface area contributed by atoms with Crippen LogP contribution in [0.2, 0.25) is 0 Å². The second kappa shape index (κ2) is 5.47. The Morgan fingerprint density at radius 1 is 1.27 bits per heavy atom. The van der Waals surface area contributed by atoms with Crippen LogP contribution < -0.4 is 0 Å². The topological polar surface area (TPSA) is 64.2 Å². The van der Waals surface area contributed by atoms with Crippen LogP contribution >= 0.6 is 0 Å². The van der Waals surface area contributed by atoms with E-state index < -0.39 is 11.9 Å². The summed E-state index contributed by atoms with van der Waals surface area (Å²) in [6.07, 6.45) is -0.689. The quantitative estimate of drug-likeness (QED) is 0.853. The molecule has 1 aliphatic rings. The Bertz CT molecular complexity index is 643. The number of alkyl halides is 3. The predicted molar refractivity (Wildman–Crippen MR) is 67.9 cm³/mol. The Morgan fingerprint density at radius 3 is 2.55 bits per heavy atom.